The average Bonchev–Trinajstić information content (AvgIpc) is 2.74. The zero-order valence-electron chi connectivity index (χ0n) is 15.8. The van der Waals surface area contributed by atoms with Crippen molar-refractivity contribution in [3.8, 4) is 11.3 Å². The molecule has 2 aromatic heterocycles. The SMILES string of the molecule is NC=CC=NCCCNc1cncc(-c2cncc(Nc3cccc(Cl)c3)n2)c1. The van der Waals surface area contributed by atoms with Gasteiger partial charge in [0.1, 0.15) is 5.82 Å². The van der Waals surface area contributed by atoms with Crippen LogP contribution in [0, 0.1) is 0 Å². The molecule has 0 saturated heterocycles. The third-order valence-electron chi connectivity index (χ3n) is 3.86. The summed E-state index contributed by atoms with van der Waals surface area (Å²) in [5.74, 6) is 0.632. The minimum absolute atomic E-state index is 0.632. The average molecular weight is 408 g/mol. The van der Waals surface area contributed by atoms with Crippen molar-refractivity contribution in [3.63, 3.8) is 0 Å². The van der Waals surface area contributed by atoms with E-state index in [2.05, 4.69) is 30.6 Å². The number of nitrogens with zero attached hydrogens (tertiary/aromatic N) is 4. The lowest BCUT2D eigenvalue weighted by Gasteiger charge is -2.09. The Morgan fingerprint density at radius 3 is 2.83 bits per heavy atom. The third-order valence-corrected chi connectivity index (χ3v) is 4.10. The highest BCUT2D eigenvalue weighted by molar-refractivity contribution is 6.30. The van der Waals surface area contributed by atoms with Crippen LogP contribution in [0.1, 0.15) is 6.42 Å². The Balaban J connectivity index is 1.62. The van der Waals surface area contributed by atoms with Crippen LogP contribution in [0.4, 0.5) is 17.2 Å². The Morgan fingerprint density at radius 2 is 1.97 bits per heavy atom. The molecule has 0 fully saturated rings. The quantitative estimate of drug-likeness (QED) is 0.361. The van der Waals surface area contributed by atoms with E-state index in [0.717, 1.165) is 42.1 Å². The molecule has 0 spiro atoms. The van der Waals surface area contributed by atoms with Gasteiger partial charge < -0.3 is 16.4 Å². The van der Waals surface area contributed by atoms with Crippen LogP contribution < -0.4 is 16.4 Å². The lowest BCUT2D eigenvalue weighted by molar-refractivity contribution is 0.878. The fourth-order valence-corrected chi connectivity index (χ4v) is 2.73. The van der Waals surface area contributed by atoms with E-state index < -0.39 is 0 Å². The van der Waals surface area contributed by atoms with Gasteiger partial charge in [-0.1, -0.05) is 17.7 Å². The number of benzene rings is 1. The minimum Gasteiger partial charge on any atom is -0.405 e. The molecule has 0 unspecified atom stereocenters. The number of nitrogens with two attached hydrogens (primary N) is 1. The van der Waals surface area contributed by atoms with Crippen LogP contribution in [0.3, 0.4) is 0 Å². The number of anilines is 3. The van der Waals surface area contributed by atoms with Gasteiger partial charge in [0.15, 0.2) is 0 Å². The van der Waals surface area contributed by atoms with Crippen LogP contribution in [0.15, 0.2) is 72.4 Å². The van der Waals surface area contributed by atoms with E-state index in [9.17, 15) is 0 Å². The summed E-state index contributed by atoms with van der Waals surface area (Å²) >= 11 is 6.03. The lowest BCUT2D eigenvalue weighted by atomic mass is 10.2. The summed E-state index contributed by atoms with van der Waals surface area (Å²) in [5.41, 5.74) is 8.63. The third kappa shape index (κ3) is 6.58. The predicted octanol–water partition coefficient (Wildman–Crippen LogP) is 4.28. The molecule has 148 valence electrons. The van der Waals surface area contributed by atoms with Crippen molar-refractivity contribution in [1.82, 2.24) is 15.0 Å². The van der Waals surface area contributed by atoms with Gasteiger partial charge in [0.2, 0.25) is 0 Å². The van der Waals surface area contributed by atoms with E-state index in [1.165, 1.54) is 6.20 Å². The van der Waals surface area contributed by atoms with Gasteiger partial charge >= 0.3 is 0 Å². The van der Waals surface area contributed by atoms with Crippen molar-refractivity contribution in [2.45, 2.75) is 6.42 Å². The molecule has 4 N–H and O–H groups in total. The number of hydrogen-bond acceptors (Lipinski definition) is 7. The molecular weight excluding hydrogens is 386 g/mol. The first-order valence-electron chi connectivity index (χ1n) is 9.15. The van der Waals surface area contributed by atoms with Gasteiger partial charge in [-0.15, -0.1) is 0 Å². The second-order valence-corrected chi connectivity index (χ2v) is 6.54. The topological polar surface area (TPSA) is 101 Å². The molecule has 0 aliphatic heterocycles. The largest absolute Gasteiger partial charge is 0.405 e. The minimum atomic E-state index is 0.632. The molecule has 1 aromatic carbocycles. The van der Waals surface area contributed by atoms with E-state index in [4.69, 9.17) is 17.3 Å². The van der Waals surface area contributed by atoms with Crippen LogP contribution in [-0.2, 0) is 0 Å². The second kappa shape index (κ2) is 10.8. The van der Waals surface area contributed by atoms with E-state index in [0.29, 0.717) is 10.8 Å². The predicted molar refractivity (Wildman–Crippen MR) is 120 cm³/mol. The first kappa shape index (κ1) is 20.3. The number of pyridine rings is 1. The van der Waals surface area contributed by atoms with E-state index in [1.807, 2.05) is 30.3 Å². The Morgan fingerprint density at radius 1 is 1.07 bits per heavy atom. The molecule has 0 radical (unpaired) electrons. The van der Waals surface area contributed by atoms with Crippen molar-refractivity contribution < 1.29 is 0 Å². The van der Waals surface area contributed by atoms with Gasteiger partial charge in [-0.2, -0.15) is 0 Å². The summed E-state index contributed by atoms with van der Waals surface area (Å²) in [6.07, 6.45) is 12.7. The van der Waals surface area contributed by atoms with Gasteiger partial charge in [0, 0.05) is 48.0 Å². The van der Waals surface area contributed by atoms with Crippen LogP contribution in [0.5, 0.6) is 0 Å². The number of aromatic nitrogens is 3. The zero-order valence-corrected chi connectivity index (χ0v) is 16.5. The summed E-state index contributed by atoms with van der Waals surface area (Å²) in [4.78, 5) is 17.4. The lowest BCUT2D eigenvalue weighted by Crippen LogP contribution is -2.03. The van der Waals surface area contributed by atoms with Crippen LogP contribution in [-0.4, -0.2) is 34.3 Å². The van der Waals surface area contributed by atoms with Crippen molar-refractivity contribution >= 4 is 35.0 Å². The standard InChI is InChI=1S/C21H22ClN7/c22-17-4-1-5-18(11-17)28-21-15-26-14-20(29-21)16-10-19(13-25-12-16)27-9-3-8-24-7-2-6-23/h1-2,4-7,10-15,27H,3,8-9,23H2,(H,28,29). The maximum absolute atomic E-state index is 6.03. The molecule has 0 bridgehead atoms. The van der Waals surface area contributed by atoms with Crippen molar-refractivity contribution in [3.05, 3.63) is 72.4 Å². The Bertz CT molecular complexity index is 988. The molecule has 0 aliphatic rings. The number of aliphatic imine (C=N–C) groups is 1. The summed E-state index contributed by atoms with van der Waals surface area (Å²) in [6.45, 7) is 1.52. The number of halogens is 1. The molecule has 0 saturated carbocycles. The second-order valence-electron chi connectivity index (χ2n) is 6.11. The van der Waals surface area contributed by atoms with Gasteiger partial charge in [-0.3, -0.25) is 15.0 Å². The van der Waals surface area contributed by atoms with Gasteiger partial charge in [-0.05, 0) is 43.0 Å². The number of allylic oxidation sites excluding steroid dienone is 1. The normalized spacial score (nSPS) is 11.2. The molecule has 29 heavy (non-hydrogen) atoms. The highest BCUT2D eigenvalue weighted by Crippen LogP contribution is 2.22. The van der Waals surface area contributed by atoms with Crippen LogP contribution in [0.2, 0.25) is 5.02 Å². The molecule has 8 heteroatoms. The molecule has 2 heterocycles. The molecule has 0 aliphatic carbocycles. The summed E-state index contributed by atoms with van der Waals surface area (Å²) < 4.78 is 0. The fraction of sp³-hybridized carbons (Fsp3) is 0.143. The van der Waals surface area contributed by atoms with Crippen LogP contribution >= 0.6 is 11.6 Å². The highest BCUT2D eigenvalue weighted by Gasteiger charge is 2.05. The van der Waals surface area contributed by atoms with Gasteiger partial charge in [-0.25, -0.2) is 4.98 Å². The maximum Gasteiger partial charge on any atom is 0.149 e. The molecular formula is C21H22ClN7. The molecule has 7 nitrogen and oxygen atoms in total. The highest BCUT2D eigenvalue weighted by atomic mass is 35.5. The van der Waals surface area contributed by atoms with Gasteiger partial charge in [0.25, 0.3) is 0 Å². The molecule has 0 amide bonds. The molecule has 3 aromatic rings. The number of hydrogen-bond donors (Lipinski definition) is 3. The molecule has 3 rings (SSSR count). The smallest absolute Gasteiger partial charge is 0.149 e. The Hall–Kier alpha value is -3.45. The summed E-state index contributed by atoms with van der Waals surface area (Å²) in [5, 5.41) is 7.22. The molecule has 0 atom stereocenters. The first-order valence-corrected chi connectivity index (χ1v) is 9.53. The summed E-state index contributed by atoms with van der Waals surface area (Å²) in [7, 11) is 0. The Kier molecular flexibility index (Phi) is 7.54. The summed E-state index contributed by atoms with van der Waals surface area (Å²) in [6, 6.07) is 9.45. The number of rotatable bonds is 9. The fourth-order valence-electron chi connectivity index (χ4n) is 2.54. The van der Waals surface area contributed by atoms with Crippen molar-refractivity contribution in [1.29, 1.82) is 0 Å². The van der Waals surface area contributed by atoms with E-state index >= 15 is 0 Å². The monoisotopic (exact) mass is 407 g/mol. The van der Waals surface area contributed by atoms with Crippen LogP contribution in [0.25, 0.3) is 11.3 Å². The number of nitrogens with one attached hydrogen (secondary N) is 2. The zero-order chi connectivity index (χ0) is 20.3. The Labute approximate surface area is 174 Å². The van der Waals surface area contributed by atoms with E-state index in [1.54, 1.807) is 37.1 Å². The van der Waals surface area contributed by atoms with Gasteiger partial charge in [0.05, 0.1) is 23.8 Å². The van der Waals surface area contributed by atoms with Crippen molar-refractivity contribution in [2.24, 2.45) is 10.7 Å². The van der Waals surface area contributed by atoms with E-state index in [-0.39, 0.29) is 0 Å². The van der Waals surface area contributed by atoms with Crippen molar-refractivity contribution in [2.75, 3.05) is 23.7 Å². The first-order chi connectivity index (χ1) is 14.2. The maximum atomic E-state index is 6.03.